The third kappa shape index (κ3) is 3.38. The summed E-state index contributed by atoms with van der Waals surface area (Å²) >= 11 is 7.21. The molecule has 0 saturated carbocycles. The monoisotopic (exact) mass is 350 g/mol. The summed E-state index contributed by atoms with van der Waals surface area (Å²) in [5.41, 5.74) is 0.744. The number of nitrogens with zero attached hydrogens (tertiary/aromatic N) is 3. The molecule has 2 aromatic rings. The van der Waals surface area contributed by atoms with Crippen molar-refractivity contribution in [1.82, 2.24) is 14.9 Å². The van der Waals surface area contributed by atoms with E-state index in [1.165, 1.54) is 22.5 Å². The summed E-state index contributed by atoms with van der Waals surface area (Å²) in [7, 11) is 0. The number of hydrogen-bond donors (Lipinski definition) is 1. The number of ether oxygens (including phenoxy) is 1. The SMILES string of the molecule is Nn1c(SCC2=CC(=O)C(=O)CO2)nnc1-c1cccc(Cl)c1. The van der Waals surface area contributed by atoms with E-state index in [4.69, 9.17) is 22.2 Å². The number of ketones is 2. The molecule has 0 radical (unpaired) electrons. The highest BCUT2D eigenvalue weighted by Gasteiger charge is 2.21. The molecule has 1 aromatic heterocycles. The number of benzene rings is 1. The molecule has 9 heteroatoms. The standard InChI is InChI=1S/C14H11ClN4O3S/c15-9-3-1-2-8(4-9)13-17-18-14(19(13)16)23-7-10-5-11(20)12(21)6-22-10/h1-5H,6-7,16H2. The average molecular weight is 351 g/mol. The number of Topliss-reactive ketones (excluding diaryl/α,β-unsaturated/α-hetero) is 1. The van der Waals surface area contributed by atoms with E-state index in [1.54, 1.807) is 18.2 Å². The van der Waals surface area contributed by atoms with E-state index in [9.17, 15) is 9.59 Å². The van der Waals surface area contributed by atoms with E-state index in [0.29, 0.717) is 27.5 Å². The van der Waals surface area contributed by atoms with Crippen LogP contribution in [0.15, 0.2) is 41.3 Å². The maximum atomic E-state index is 11.3. The lowest BCUT2D eigenvalue weighted by Crippen LogP contribution is -2.23. The lowest BCUT2D eigenvalue weighted by Gasteiger charge is -2.12. The van der Waals surface area contributed by atoms with E-state index < -0.39 is 11.6 Å². The molecule has 0 bridgehead atoms. The molecule has 0 amide bonds. The summed E-state index contributed by atoms with van der Waals surface area (Å²) < 4.78 is 6.52. The number of aromatic nitrogens is 3. The number of carbonyl (C=O) groups is 2. The molecule has 0 unspecified atom stereocenters. The molecule has 2 N–H and O–H groups in total. The smallest absolute Gasteiger partial charge is 0.240 e. The Labute approximate surface area is 140 Å². The van der Waals surface area contributed by atoms with Crippen LogP contribution in [-0.4, -0.2) is 38.8 Å². The topological polar surface area (TPSA) is 100 Å². The first-order valence-electron chi connectivity index (χ1n) is 6.54. The number of nitrogen functional groups attached to an aromatic ring is 1. The minimum atomic E-state index is -0.555. The first-order valence-corrected chi connectivity index (χ1v) is 7.90. The summed E-state index contributed by atoms with van der Waals surface area (Å²) in [4.78, 5) is 22.4. The van der Waals surface area contributed by atoms with Crippen LogP contribution in [0.4, 0.5) is 0 Å². The van der Waals surface area contributed by atoms with E-state index >= 15 is 0 Å². The van der Waals surface area contributed by atoms with E-state index in [0.717, 1.165) is 5.56 Å². The minimum Gasteiger partial charge on any atom is -0.489 e. The molecule has 0 saturated heterocycles. The highest BCUT2D eigenvalue weighted by atomic mass is 35.5. The van der Waals surface area contributed by atoms with Crippen LogP contribution in [0.1, 0.15) is 0 Å². The molecule has 7 nitrogen and oxygen atoms in total. The van der Waals surface area contributed by atoms with Gasteiger partial charge in [-0.3, -0.25) is 9.59 Å². The maximum Gasteiger partial charge on any atom is 0.240 e. The zero-order valence-electron chi connectivity index (χ0n) is 11.7. The highest BCUT2D eigenvalue weighted by molar-refractivity contribution is 7.99. The Morgan fingerprint density at radius 2 is 2.17 bits per heavy atom. The number of hydrogen-bond acceptors (Lipinski definition) is 7. The van der Waals surface area contributed by atoms with Crippen molar-refractivity contribution < 1.29 is 14.3 Å². The van der Waals surface area contributed by atoms with Crippen LogP contribution in [0.25, 0.3) is 11.4 Å². The van der Waals surface area contributed by atoms with Gasteiger partial charge in [0.15, 0.2) is 12.4 Å². The maximum absolute atomic E-state index is 11.3. The van der Waals surface area contributed by atoms with Gasteiger partial charge in [-0.15, -0.1) is 10.2 Å². The predicted octanol–water partition coefficient (Wildman–Crippen LogP) is 1.46. The largest absolute Gasteiger partial charge is 0.489 e. The summed E-state index contributed by atoms with van der Waals surface area (Å²) in [5, 5.41) is 9.08. The lowest BCUT2D eigenvalue weighted by atomic mass is 10.2. The Kier molecular flexibility index (Phi) is 4.35. The number of allylic oxidation sites excluding steroid dienone is 1. The van der Waals surface area contributed by atoms with Crippen LogP contribution in [0, 0.1) is 0 Å². The molecule has 0 fully saturated rings. The Hall–Kier alpha value is -2.32. The van der Waals surface area contributed by atoms with Crippen molar-refractivity contribution in [3.63, 3.8) is 0 Å². The van der Waals surface area contributed by atoms with Crippen molar-refractivity contribution in [3.05, 3.63) is 41.1 Å². The lowest BCUT2D eigenvalue weighted by molar-refractivity contribution is -0.137. The van der Waals surface area contributed by atoms with Gasteiger partial charge in [-0.05, 0) is 12.1 Å². The van der Waals surface area contributed by atoms with Gasteiger partial charge in [-0.1, -0.05) is 35.5 Å². The molecule has 0 aliphatic carbocycles. The van der Waals surface area contributed by atoms with Gasteiger partial charge < -0.3 is 10.6 Å². The molecule has 2 heterocycles. The number of rotatable bonds is 4. The quantitative estimate of drug-likeness (QED) is 0.506. The third-order valence-corrected chi connectivity index (χ3v) is 4.25. The first kappa shape index (κ1) is 15.6. The molecular formula is C14H11ClN4O3S. The Bertz CT molecular complexity index is 818. The summed E-state index contributed by atoms with van der Waals surface area (Å²) in [6.07, 6.45) is 1.19. The number of nitrogens with two attached hydrogens (primary N) is 1. The van der Waals surface area contributed by atoms with Crippen LogP contribution in [0.2, 0.25) is 5.02 Å². The van der Waals surface area contributed by atoms with Gasteiger partial charge in [0.25, 0.3) is 0 Å². The molecule has 1 aliphatic heterocycles. The van der Waals surface area contributed by atoms with Gasteiger partial charge in [-0.2, -0.15) is 0 Å². The van der Waals surface area contributed by atoms with Gasteiger partial charge in [0.2, 0.25) is 16.7 Å². The Morgan fingerprint density at radius 3 is 2.91 bits per heavy atom. The zero-order valence-corrected chi connectivity index (χ0v) is 13.3. The van der Waals surface area contributed by atoms with Crippen molar-refractivity contribution in [1.29, 1.82) is 0 Å². The third-order valence-electron chi connectivity index (χ3n) is 3.05. The Balaban J connectivity index is 1.74. The van der Waals surface area contributed by atoms with Crippen LogP contribution >= 0.6 is 23.4 Å². The fourth-order valence-electron chi connectivity index (χ4n) is 1.92. The van der Waals surface area contributed by atoms with Crippen molar-refractivity contribution >= 4 is 34.9 Å². The van der Waals surface area contributed by atoms with Gasteiger partial charge >= 0.3 is 0 Å². The second-order valence-electron chi connectivity index (χ2n) is 4.66. The van der Waals surface area contributed by atoms with Crippen molar-refractivity contribution in [2.75, 3.05) is 18.2 Å². The van der Waals surface area contributed by atoms with Crippen LogP contribution in [0.3, 0.4) is 0 Å². The first-order chi connectivity index (χ1) is 11.0. The van der Waals surface area contributed by atoms with Gasteiger partial charge in [0.1, 0.15) is 5.76 Å². The number of carbonyl (C=O) groups excluding carboxylic acids is 2. The van der Waals surface area contributed by atoms with E-state index in [2.05, 4.69) is 10.2 Å². The molecular weight excluding hydrogens is 340 g/mol. The molecule has 23 heavy (non-hydrogen) atoms. The fraction of sp³-hybridized carbons (Fsp3) is 0.143. The van der Waals surface area contributed by atoms with Crippen molar-refractivity contribution in [3.8, 4) is 11.4 Å². The van der Waals surface area contributed by atoms with Gasteiger partial charge in [0.05, 0.1) is 5.75 Å². The summed E-state index contributed by atoms with van der Waals surface area (Å²) in [6, 6.07) is 7.11. The van der Waals surface area contributed by atoms with Crippen molar-refractivity contribution in [2.24, 2.45) is 0 Å². The second kappa shape index (κ2) is 6.43. The summed E-state index contributed by atoms with van der Waals surface area (Å²) in [6.45, 7) is -0.228. The second-order valence-corrected chi connectivity index (χ2v) is 6.04. The molecule has 118 valence electrons. The van der Waals surface area contributed by atoms with Gasteiger partial charge in [0, 0.05) is 16.7 Å². The molecule has 1 aliphatic rings. The normalized spacial score (nSPS) is 14.6. The minimum absolute atomic E-state index is 0.228. The Morgan fingerprint density at radius 1 is 1.35 bits per heavy atom. The average Bonchev–Trinajstić information content (AvgIpc) is 2.89. The van der Waals surface area contributed by atoms with E-state index in [-0.39, 0.29) is 6.61 Å². The fourth-order valence-corrected chi connectivity index (χ4v) is 2.87. The van der Waals surface area contributed by atoms with Crippen LogP contribution < -0.4 is 5.84 Å². The van der Waals surface area contributed by atoms with E-state index in [1.807, 2.05) is 6.07 Å². The molecule has 1 aromatic carbocycles. The zero-order chi connectivity index (χ0) is 16.4. The van der Waals surface area contributed by atoms with Crippen LogP contribution in [0.5, 0.6) is 0 Å². The molecule has 3 rings (SSSR count). The van der Waals surface area contributed by atoms with Gasteiger partial charge in [-0.25, -0.2) is 4.68 Å². The highest BCUT2D eigenvalue weighted by Crippen LogP contribution is 2.25. The summed E-state index contributed by atoms with van der Waals surface area (Å²) in [5.74, 6) is 6.09. The number of halogens is 1. The van der Waals surface area contributed by atoms with Crippen molar-refractivity contribution in [2.45, 2.75) is 5.16 Å². The number of thioether (sulfide) groups is 1. The molecule has 0 spiro atoms. The predicted molar refractivity (Wildman–Crippen MR) is 85.4 cm³/mol. The molecule has 0 atom stereocenters. The van der Waals surface area contributed by atoms with Crippen LogP contribution in [-0.2, 0) is 14.3 Å².